The van der Waals surface area contributed by atoms with Gasteiger partial charge in [-0.15, -0.1) is 11.3 Å². The Hall–Kier alpha value is -1.16. The number of hydrogen-bond acceptors (Lipinski definition) is 3. The van der Waals surface area contributed by atoms with Gasteiger partial charge in [-0.2, -0.15) is 0 Å². The van der Waals surface area contributed by atoms with E-state index in [-0.39, 0.29) is 17.2 Å². The molecule has 2 aliphatic rings. The Balaban J connectivity index is 1.65. The van der Waals surface area contributed by atoms with Crippen molar-refractivity contribution < 1.29 is 4.79 Å². The Bertz CT molecular complexity index is 565. The summed E-state index contributed by atoms with van der Waals surface area (Å²) in [6, 6.07) is 0. The Kier molecular flexibility index (Phi) is 3.24. The van der Waals surface area contributed by atoms with Gasteiger partial charge in [0.2, 0.25) is 5.91 Å². The molecule has 3 nitrogen and oxygen atoms in total. The van der Waals surface area contributed by atoms with E-state index in [1.807, 2.05) is 0 Å². The molecule has 0 aliphatic heterocycles. The second-order valence-electron chi connectivity index (χ2n) is 6.91. The Morgan fingerprint density at radius 1 is 1.45 bits per heavy atom. The average Bonchev–Trinajstić information content (AvgIpc) is 3.20. The van der Waals surface area contributed by atoms with Crippen molar-refractivity contribution in [2.24, 2.45) is 17.3 Å². The van der Waals surface area contributed by atoms with Gasteiger partial charge in [0.1, 0.15) is 0 Å². The lowest BCUT2D eigenvalue weighted by atomic mass is 10.1. The van der Waals surface area contributed by atoms with Crippen LogP contribution in [0.15, 0.2) is 17.0 Å². The first-order chi connectivity index (χ1) is 9.39. The van der Waals surface area contributed by atoms with Crippen molar-refractivity contribution in [1.82, 2.24) is 4.98 Å². The monoisotopic (exact) mass is 290 g/mol. The van der Waals surface area contributed by atoms with Crippen molar-refractivity contribution in [3.8, 4) is 0 Å². The van der Waals surface area contributed by atoms with Crippen LogP contribution in [0.3, 0.4) is 0 Å². The van der Waals surface area contributed by atoms with Crippen LogP contribution in [0.2, 0.25) is 0 Å². The van der Waals surface area contributed by atoms with Crippen molar-refractivity contribution in [1.29, 1.82) is 0 Å². The molecule has 0 aromatic carbocycles. The molecule has 1 N–H and O–H groups in total. The van der Waals surface area contributed by atoms with E-state index >= 15 is 0 Å². The number of aromatic nitrogens is 1. The highest BCUT2D eigenvalue weighted by molar-refractivity contribution is 7.13. The summed E-state index contributed by atoms with van der Waals surface area (Å²) >= 11 is 1.55. The predicted octanol–water partition coefficient (Wildman–Crippen LogP) is 4.20. The maximum atomic E-state index is 12.4. The highest BCUT2D eigenvalue weighted by atomic mass is 32.1. The lowest BCUT2D eigenvalue weighted by molar-refractivity contribution is -0.118. The summed E-state index contributed by atoms with van der Waals surface area (Å²) in [6.07, 6.45) is 4.71. The summed E-state index contributed by atoms with van der Waals surface area (Å²) in [6.45, 7) is 8.51. The molecule has 2 saturated carbocycles. The molecular weight excluding hydrogens is 268 g/mol. The van der Waals surface area contributed by atoms with Gasteiger partial charge in [-0.1, -0.05) is 25.5 Å². The van der Waals surface area contributed by atoms with Gasteiger partial charge in [0.05, 0.1) is 11.6 Å². The fourth-order valence-corrected chi connectivity index (χ4v) is 3.74. The number of nitrogens with zero attached hydrogens (tertiary/aromatic N) is 1. The zero-order valence-corrected chi connectivity index (χ0v) is 13.4. The Morgan fingerprint density at radius 3 is 2.75 bits per heavy atom. The lowest BCUT2D eigenvalue weighted by Gasteiger charge is -2.02. The van der Waals surface area contributed by atoms with Crippen LogP contribution in [-0.2, 0) is 4.79 Å². The molecule has 20 heavy (non-hydrogen) atoms. The molecule has 2 unspecified atom stereocenters. The van der Waals surface area contributed by atoms with Crippen molar-refractivity contribution in [3.63, 3.8) is 0 Å². The molecule has 3 rings (SSSR count). The predicted molar refractivity (Wildman–Crippen MR) is 82.9 cm³/mol. The molecule has 0 saturated heterocycles. The highest BCUT2D eigenvalue weighted by Crippen LogP contribution is 2.59. The molecular formula is C16H22N2OS. The minimum Gasteiger partial charge on any atom is -0.302 e. The number of carbonyl (C=O) groups excluding carboxylic acids is 1. The standard InChI is InChI=1S/C16H22N2OS/c1-9(2)7-11-13(16(11,3)4)14(19)18-15-17-12(8-20-15)10-5-6-10/h7-8,10-11,13H,5-6H2,1-4H3,(H,17,18,19). The third-order valence-electron chi connectivity index (χ3n) is 4.45. The number of anilines is 1. The largest absolute Gasteiger partial charge is 0.302 e. The molecule has 1 aromatic rings. The third-order valence-corrected chi connectivity index (χ3v) is 5.23. The molecule has 4 heteroatoms. The van der Waals surface area contributed by atoms with Crippen LogP contribution in [0.4, 0.5) is 5.13 Å². The van der Waals surface area contributed by atoms with Crippen LogP contribution in [-0.4, -0.2) is 10.9 Å². The number of allylic oxidation sites excluding steroid dienone is 2. The molecule has 0 spiro atoms. The van der Waals surface area contributed by atoms with E-state index in [4.69, 9.17) is 0 Å². The van der Waals surface area contributed by atoms with Gasteiger partial charge in [-0.3, -0.25) is 4.79 Å². The Labute approximate surface area is 124 Å². The summed E-state index contributed by atoms with van der Waals surface area (Å²) in [5.41, 5.74) is 2.50. The van der Waals surface area contributed by atoms with Crippen molar-refractivity contribution in [2.75, 3.05) is 5.32 Å². The van der Waals surface area contributed by atoms with E-state index in [9.17, 15) is 4.79 Å². The van der Waals surface area contributed by atoms with E-state index in [0.717, 1.165) is 10.8 Å². The maximum Gasteiger partial charge on any atom is 0.230 e. The number of nitrogens with one attached hydrogen (secondary N) is 1. The minimum atomic E-state index is 0.0674. The minimum absolute atomic E-state index is 0.0674. The molecule has 108 valence electrons. The average molecular weight is 290 g/mol. The van der Waals surface area contributed by atoms with Gasteiger partial charge in [0.25, 0.3) is 0 Å². The smallest absolute Gasteiger partial charge is 0.230 e. The number of thiazole rings is 1. The van der Waals surface area contributed by atoms with E-state index in [0.29, 0.717) is 11.8 Å². The van der Waals surface area contributed by atoms with Gasteiger partial charge >= 0.3 is 0 Å². The van der Waals surface area contributed by atoms with Gasteiger partial charge in [0.15, 0.2) is 5.13 Å². The van der Waals surface area contributed by atoms with Crippen LogP contribution in [0.1, 0.15) is 52.1 Å². The summed E-state index contributed by atoms with van der Waals surface area (Å²) in [7, 11) is 0. The van der Waals surface area contributed by atoms with Gasteiger partial charge in [-0.25, -0.2) is 4.98 Å². The summed E-state index contributed by atoms with van der Waals surface area (Å²) in [4.78, 5) is 16.9. The summed E-state index contributed by atoms with van der Waals surface area (Å²) in [5.74, 6) is 1.20. The van der Waals surface area contributed by atoms with Crippen molar-refractivity contribution >= 4 is 22.4 Å². The van der Waals surface area contributed by atoms with Gasteiger partial charge in [-0.05, 0) is 38.0 Å². The first-order valence-electron chi connectivity index (χ1n) is 7.31. The van der Waals surface area contributed by atoms with E-state index in [1.165, 1.54) is 18.4 Å². The Morgan fingerprint density at radius 2 is 2.15 bits per heavy atom. The number of rotatable bonds is 4. The first-order valence-corrected chi connectivity index (χ1v) is 8.19. The van der Waals surface area contributed by atoms with Crippen LogP contribution in [0, 0.1) is 17.3 Å². The van der Waals surface area contributed by atoms with Crippen LogP contribution in [0.25, 0.3) is 0 Å². The maximum absolute atomic E-state index is 12.4. The van der Waals surface area contributed by atoms with Crippen LogP contribution < -0.4 is 5.32 Å². The molecule has 2 atom stereocenters. The van der Waals surface area contributed by atoms with Crippen molar-refractivity contribution in [3.05, 3.63) is 22.7 Å². The highest BCUT2D eigenvalue weighted by Gasteiger charge is 2.60. The fourth-order valence-electron chi connectivity index (χ4n) is 2.94. The van der Waals surface area contributed by atoms with Gasteiger partial charge < -0.3 is 5.32 Å². The molecule has 1 aromatic heterocycles. The molecule has 0 radical (unpaired) electrons. The zero-order valence-electron chi connectivity index (χ0n) is 12.6. The van der Waals surface area contributed by atoms with Crippen molar-refractivity contribution in [2.45, 2.75) is 46.5 Å². The second-order valence-corrected chi connectivity index (χ2v) is 7.77. The van der Waals surface area contributed by atoms with E-state index < -0.39 is 0 Å². The fraction of sp³-hybridized carbons (Fsp3) is 0.625. The number of carbonyl (C=O) groups is 1. The second kappa shape index (κ2) is 4.69. The van der Waals surface area contributed by atoms with Crippen LogP contribution >= 0.6 is 11.3 Å². The molecule has 2 fully saturated rings. The lowest BCUT2D eigenvalue weighted by Crippen LogP contribution is -2.16. The molecule has 0 bridgehead atoms. The normalized spacial score (nSPS) is 27.0. The molecule has 1 heterocycles. The first kappa shape index (κ1) is 13.8. The van der Waals surface area contributed by atoms with E-state index in [1.54, 1.807) is 11.3 Å². The summed E-state index contributed by atoms with van der Waals surface area (Å²) in [5, 5.41) is 5.85. The zero-order chi connectivity index (χ0) is 14.5. The van der Waals surface area contributed by atoms with E-state index in [2.05, 4.69) is 49.5 Å². The molecule has 1 amide bonds. The SMILES string of the molecule is CC(C)=CC1C(C(=O)Nc2nc(C3CC3)cs2)C1(C)C. The third kappa shape index (κ3) is 2.53. The number of hydrogen-bond donors (Lipinski definition) is 1. The topological polar surface area (TPSA) is 42.0 Å². The van der Waals surface area contributed by atoms with Crippen LogP contribution in [0.5, 0.6) is 0 Å². The summed E-state index contributed by atoms with van der Waals surface area (Å²) < 4.78 is 0. The van der Waals surface area contributed by atoms with Gasteiger partial charge in [0, 0.05) is 11.3 Å². The molecule has 2 aliphatic carbocycles. The number of amides is 1. The quantitative estimate of drug-likeness (QED) is 0.844.